The molecule has 0 bridgehead atoms. The van der Waals surface area contributed by atoms with Gasteiger partial charge in [0.2, 0.25) is 0 Å². The predicted molar refractivity (Wildman–Crippen MR) is 75.9 cm³/mol. The molecule has 0 saturated heterocycles. The van der Waals surface area contributed by atoms with Gasteiger partial charge in [0.15, 0.2) is 0 Å². The third-order valence-electron chi connectivity index (χ3n) is 2.99. The van der Waals surface area contributed by atoms with Crippen LogP contribution in [0.25, 0.3) is 0 Å². The first-order valence-corrected chi connectivity index (χ1v) is 7.08. The average Bonchev–Trinajstić information content (AvgIpc) is 2.69. The molecule has 0 aliphatic heterocycles. The molecule has 3 nitrogen and oxygen atoms in total. The van der Waals surface area contributed by atoms with Crippen LogP contribution in [0.4, 0.5) is 0 Å². The maximum Gasteiger partial charge on any atom is 0.0949 e. The standard InChI is InChI=1S/C14H19N3S/c1-4-16-13(12-6-5-7-15-9-12)8-14-17-10(2)11(3)18-14/h5-7,9,13,16H,4,8H2,1-3H3. The van der Waals surface area contributed by atoms with Crippen molar-refractivity contribution in [2.24, 2.45) is 0 Å². The third kappa shape index (κ3) is 3.15. The van der Waals surface area contributed by atoms with Crippen LogP contribution in [0.1, 0.15) is 34.1 Å². The molecule has 0 aliphatic carbocycles. The lowest BCUT2D eigenvalue weighted by atomic mass is 10.1. The summed E-state index contributed by atoms with van der Waals surface area (Å²) in [5.41, 5.74) is 2.38. The van der Waals surface area contributed by atoms with E-state index < -0.39 is 0 Å². The van der Waals surface area contributed by atoms with Crippen LogP contribution in [0, 0.1) is 13.8 Å². The minimum absolute atomic E-state index is 0.300. The molecule has 0 spiro atoms. The maximum absolute atomic E-state index is 4.62. The van der Waals surface area contributed by atoms with Crippen LogP contribution in [0.3, 0.4) is 0 Å². The van der Waals surface area contributed by atoms with Gasteiger partial charge in [-0.3, -0.25) is 4.98 Å². The van der Waals surface area contributed by atoms with Crippen molar-refractivity contribution < 1.29 is 0 Å². The summed E-state index contributed by atoms with van der Waals surface area (Å²) in [4.78, 5) is 10.1. The van der Waals surface area contributed by atoms with Crippen molar-refractivity contribution in [2.45, 2.75) is 33.2 Å². The van der Waals surface area contributed by atoms with Crippen LogP contribution < -0.4 is 5.32 Å². The number of pyridine rings is 1. The van der Waals surface area contributed by atoms with Crippen molar-refractivity contribution in [2.75, 3.05) is 6.54 Å². The summed E-state index contributed by atoms with van der Waals surface area (Å²) in [5.74, 6) is 0. The van der Waals surface area contributed by atoms with E-state index in [0.717, 1.165) is 18.7 Å². The number of hydrogen-bond donors (Lipinski definition) is 1. The van der Waals surface area contributed by atoms with Gasteiger partial charge in [0.1, 0.15) is 0 Å². The Hall–Kier alpha value is -1.26. The van der Waals surface area contributed by atoms with Gasteiger partial charge in [-0.15, -0.1) is 11.3 Å². The van der Waals surface area contributed by atoms with Crippen molar-refractivity contribution in [1.29, 1.82) is 0 Å². The summed E-state index contributed by atoms with van der Waals surface area (Å²) < 4.78 is 0. The summed E-state index contributed by atoms with van der Waals surface area (Å²) >= 11 is 1.79. The van der Waals surface area contributed by atoms with Crippen LogP contribution >= 0.6 is 11.3 Å². The van der Waals surface area contributed by atoms with Gasteiger partial charge in [0.25, 0.3) is 0 Å². The summed E-state index contributed by atoms with van der Waals surface area (Å²) in [6, 6.07) is 4.40. The Balaban J connectivity index is 2.16. The second kappa shape index (κ2) is 6.07. The molecular weight excluding hydrogens is 242 g/mol. The first-order valence-electron chi connectivity index (χ1n) is 6.27. The van der Waals surface area contributed by atoms with Gasteiger partial charge >= 0.3 is 0 Å². The van der Waals surface area contributed by atoms with E-state index >= 15 is 0 Å². The van der Waals surface area contributed by atoms with E-state index in [2.05, 4.69) is 42.1 Å². The number of aryl methyl sites for hydroxylation is 2. The molecule has 1 N–H and O–H groups in total. The molecule has 2 aromatic rings. The smallest absolute Gasteiger partial charge is 0.0949 e. The molecule has 0 saturated carbocycles. The van der Waals surface area contributed by atoms with Crippen molar-refractivity contribution in [3.05, 3.63) is 45.7 Å². The van der Waals surface area contributed by atoms with E-state index in [4.69, 9.17) is 0 Å². The second-order valence-electron chi connectivity index (χ2n) is 4.35. The van der Waals surface area contributed by atoms with Gasteiger partial charge in [-0.2, -0.15) is 0 Å². The summed E-state index contributed by atoms with van der Waals surface area (Å²) in [5, 5.41) is 4.70. The van der Waals surface area contributed by atoms with Crippen molar-refractivity contribution in [3.63, 3.8) is 0 Å². The molecule has 18 heavy (non-hydrogen) atoms. The molecule has 2 aromatic heterocycles. The summed E-state index contributed by atoms with van der Waals surface area (Å²) in [6.07, 6.45) is 4.67. The van der Waals surface area contributed by atoms with Crippen LogP contribution in [-0.2, 0) is 6.42 Å². The highest BCUT2D eigenvalue weighted by Crippen LogP contribution is 2.23. The topological polar surface area (TPSA) is 37.8 Å². The molecular formula is C14H19N3S. The van der Waals surface area contributed by atoms with Crippen LogP contribution in [0.15, 0.2) is 24.5 Å². The zero-order valence-electron chi connectivity index (χ0n) is 11.1. The summed E-state index contributed by atoms with van der Waals surface area (Å²) in [7, 11) is 0. The molecule has 0 amide bonds. The first kappa shape index (κ1) is 13.2. The number of likely N-dealkylation sites (N-methyl/N-ethyl adjacent to an activating group) is 1. The highest BCUT2D eigenvalue weighted by molar-refractivity contribution is 7.11. The van der Waals surface area contributed by atoms with E-state index in [0.29, 0.717) is 6.04 Å². The van der Waals surface area contributed by atoms with Gasteiger partial charge < -0.3 is 5.32 Å². The Kier molecular flexibility index (Phi) is 4.44. The molecule has 2 rings (SSSR count). The maximum atomic E-state index is 4.62. The highest BCUT2D eigenvalue weighted by atomic mass is 32.1. The van der Waals surface area contributed by atoms with Crippen LogP contribution in [0.5, 0.6) is 0 Å². The Morgan fingerprint density at radius 1 is 1.39 bits per heavy atom. The molecule has 1 atom stereocenters. The quantitative estimate of drug-likeness (QED) is 0.899. The minimum Gasteiger partial charge on any atom is -0.310 e. The number of aromatic nitrogens is 2. The van der Waals surface area contributed by atoms with Gasteiger partial charge in [0, 0.05) is 29.7 Å². The fourth-order valence-corrected chi connectivity index (χ4v) is 2.92. The SMILES string of the molecule is CCNC(Cc1nc(C)c(C)s1)c1cccnc1. The Bertz CT molecular complexity index is 473. The number of nitrogens with zero attached hydrogens (tertiary/aromatic N) is 2. The third-order valence-corrected chi connectivity index (χ3v) is 4.08. The molecule has 4 heteroatoms. The number of rotatable bonds is 5. The Morgan fingerprint density at radius 2 is 2.22 bits per heavy atom. The zero-order valence-corrected chi connectivity index (χ0v) is 11.9. The van der Waals surface area contributed by atoms with E-state index in [1.807, 2.05) is 18.5 Å². The minimum atomic E-state index is 0.300. The van der Waals surface area contributed by atoms with Crippen LogP contribution in [0.2, 0.25) is 0 Å². The van der Waals surface area contributed by atoms with Gasteiger partial charge in [-0.25, -0.2) is 4.98 Å². The second-order valence-corrected chi connectivity index (χ2v) is 5.64. The van der Waals surface area contributed by atoms with Crippen molar-refractivity contribution >= 4 is 11.3 Å². The monoisotopic (exact) mass is 261 g/mol. The lowest BCUT2D eigenvalue weighted by Gasteiger charge is -2.16. The van der Waals surface area contributed by atoms with Crippen molar-refractivity contribution in [3.8, 4) is 0 Å². The van der Waals surface area contributed by atoms with Crippen LogP contribution in [-0.4, -0.2) is 16.5 Å². The van der Waals surface area contributed by atoms with Crippen molar-refractivity contribution in [1.82, 2.24) is 15.3 Å². The highest BCUT2D eigenvalue weighted by Gasteiger charge is 2.14. The average molecular weight is 261 g/mol. The zero-order chi connectivity index (χ0) is 13.0. The normalized spacial score (nSPS) is 12.6. The molecule has 0 radical (unpaired) electrons. The molecule has 0 fully saturated rings. The predicted octanol–water partition coefficient (Wildman–Crippen LogP) is 3.05. The molecule has 0 aromatic carbocycles. The number of thiazole rings is 1. The van der Waals surface area contributed by atoms with E-state index in [1.54, 1.807) is 11.3 Å². The lowest BCUT2D eigenvalue weighted by molar-refractivity contribution is 0.547. The molecule has 1 unspecified atom stereocenters. The van der Waals surface area contributed by atoms with E-state index in [-0.39, 0.29) is 0 Å². The van der Waals surface area contributed by atoms with E-state index in [1.165, 1.54) is 15.4 Å². The molecule has 96 valence electrons. The number of hydrogen-bond acceptors (Lipinski definition) is 4. The lowest BCUT2D eigenvalue weighted by Crippen LogP contribution is -2.23. The number of nitrogens with one attached hydrogen (secondary N) is 1. The fourth-order valence-electron chi connectivity index (χ4n) is 1.94. The molecule has 2 heterocycles. The fraction of sp³-hybridized carbons (Fsp3) is 0.429. The van der Waals surface area contributed by atoms with Gasteiger partial charge in [-0.1, -0.05) is 13.0 Å². The summed E-state index contributed by atoms with van der Waals surface area (Å²) in [6.45, 7) is 7.27. The Morgan fingerprint density at radius 3 is 2.78 bits per heavy atom. The van der Waals surface area contributed by atoms with Gasteiger partial charge in [0.05, 0.1) is 10.7 Å². The first-order chi connectivity index (χ1) is 8.70. The molecule has 0 aliphatic rings. The Labute approximate surface area is 112 Å². The van der Waals surface area contributed by atoms with Gasteiger partial charge in [-0.05, 0) is 32.0 Å². The largest absolute Gasteiger partial charge is 0.310 e. The van der Waals surface area contributed by atoms with E-state index in [9.17, 15) is 0 Å².